The quantitative estimate of drug-likeness (QED) is 0.695. The Hall–Kier alpha value is -2.54. The van der Waals surface area contributed by atoms with Gasteiger partial charge in [0, 0.05) is 50.9 Å². The topological polar surface area (TPSA) is 62.2 Å². The first-order valence-corrected chi connectivity index (χ1v) is 10.00. The molecule has 6 nitrogen and oxygen atoms in total. The first-order chi connectivity index (χ1) is 13.0. The molecule has 3 aromatic heterocycles. The Labute approximate surface area is 162 Å². The largest absolute Gasteiger partial charge is 0.356 e. The maximum Gasteiger partial charge on any atom is 0.263 e. The van der Waals surface area contributed by atoms with E-state index in [2.05, 4.69) is 25.9 Å². The highest BCUT2D eigenvalue weighted by Crippen LogP contribution is 2.40. The second-order valence-corrected chi connectivity index (χ2v) is 8.15. The Kier molecular flexibility index (Phi) is 4.78. The van der Waals surface area contributed by atoms with Crippen LogP contribution < -0.4 is 4.90 Å². The zero-order valence-corrected chi connectivity index (χ0v) is 16.7. The number of hydrogen-bond donors (Lipinski definition) is 0. The van der Waals surface area contributed by atoms with Gasteiger partial charge < -0.3 is 9.80 Å². The molecule has 0 aromatic carbocycles. The van der Waals surface area contributed by atoms with Gasteiger partial charge in [0.1, 0.15) is 16.5 Å². The molecule has 0 saturated carbocycles. The lowest BCUT2D eigenvalue weighted by Gasteiger charge is -2.34. The van der Waals surface area contributed by atoms with Crippen LogP contribution >= 0.6 is 11.3 Å². The number of carbonyl (C=O) groups is 1. The van der Waals surface area contributed by atoms with Gasteiger partial charge >= 0.3 is 0 Å². The van der Waals surface area contributed by atoms with Crippen LogP contribution in [0.15, 0.2) is 30.6 Å². The van der Waals surface area contributed by atoms with Crippen LogP contribution in [-0.2, 0) is 0 Å². The Balaban J connectivity index is 1.74. The molecule has 3 aromatic rings. The number of thiophene rings is 1. The van der Waals surface area contributed by atoms with Gasteiger partial charge in [-0.1, -0.05) is 6.07 Å². The average Bonchev–Trinajstić information content (AvgIpc) is 3.07. The van der Waals surface area contributed by atoms with Crippen molar-refractivity contribution in [2.45, 2.75) is 25.7 Å². The van der Waals surface area contributed by atoms with Crippen LogP contribution in [-0.4, -0.2) is 52.9 Å². The molecule has 1 atom stereocenters. The van der Waals surface area contributed by atoms with Gasteiger partial charge in [0.25, 0.3) is 5.91 Å². The summed E-state index contributed by atoms with van der Waals surface area (Å²) < 4.78 is 0. The number of carbonyl (C=O) groups excluding carboxylic acids is 1. The van der Waals surface area contributed by atoms with Crippen molar-refractivity contribution >= 4 is 33.3 Å². The number of aryl methyl sites for hydroxylation is 1. The fourth-order valence-corrected chi connectivity index (χ4v) is 5.01. The van der Waals surface area contributed by atoms with E-state index in [9.17, 15) is 4.79 Å². The number of anilines is 1. The lowest BCUT2D eigenvalue weighted by atomic mass is 9.88. The lowest BCUT2D eigenvalue weighted by molar-refractivity contribution is 0.0831. The SMILES string of the molecule is Cc1nccc(N2CCC[C@@H](c3c(C(=O)N(C)C)sc4ncccc34)C2)n1. The van der Waals surface area contributed by atoms with Gasteiger partial charge in [0.05, 0.1) is 4.88 Å². The molecule has 1 fully saturated rings. The summed E-state index contributed by atoms with van der Waals surface area (Å²) >= 11 is 1.51. The van der Waals surface area contributed by atoms with Gasteiger partial charge in [0.2, 0.25) is 0 Å². The van der Waals surface area contributed by atoms with Crippen LogP contribution in [0.3, 0.4) is 0 Å². The van der Waals surface area contributed by atoms with Crippen LogP contribution in [0.2, 0.25) is 0 Å². The first-order valence-electron chi connectivity index (χ1n) is 9.18. The van der Waals surface area contributed by atoms with Crippen LogP contribution in [0, 0.1) is 6.92 Å². The fourth-order valence-electron chi connectivity index (χ4n) is 3.76. The molecule has 0 aliphatic carbocycles. The standard InChI is InChI=1S/C20H23N5OS/c1-13-21-10-8-16(23-13)25-11-5-6-14(12-25)17-15-7-4-9-22-19(15)27-18(17)20(26)24(2)3/h4,7-10,14H,5-6,11-12H2,1-3H3/t14-/m1/s1. The zero-order valence-electron chi connectivity index (χ0n) is 15.8. The van der Waals surface area contributed by atoms with E-state index in [4.69, 9.17) is 0 Å². The maximum atomic E-state index is 12.8. The Bertz CT molecular complexity index is 983. The van der Waals surface area contributed by atoms with Crippen molar-refractivity contribution in [2.75, 3.05) is 32.1 Å². The molecule has 1 aliphatic heterocycles. The van der Waals surface area contributed by atoms with Gasteiger partial charge in [-0.15, -0.1) is 11.3 Å². The van der Waals surface area contributed by atoms with E-state index in [0.717, 1.165) is 58.2 Å². The molecule has 4 heterocycles. The van der Waals surface area contributed by atoms with Crippen molar-refractivity contribution in [2.24, 2.45) is 0 Å². The van der Waals surface area contributed by atoms with Crippen molar-refractivity contribution in [3.8, 4) is 0 Å². The Morgan fingerprint density at radius 2 is 2.11 bits per heavy atom. The summed E-state index contributed by atoms with van der Waals surface area (Å²) in [6.07, 6.45) is 5.74. The highest BCUT2D eigenvalue weighted by molar-refractivity contribution is 7.20. The van der Waals surface area contributed by atoms with Gasteiger partial charge in [-0.25, -0.2) is 15.0 Å². The van der Waals surface area contributed by atoms with E-state index in [0.29, 0.717) is 0 Å². The molecule has 4 rings (SSSR count). The number of piperidine rings is 1. The second-order valence-electron chi connectivity index (χ2n) is 7.15. The number of rotatable bonds is 3. The molecular weight excluding hydrogens is 358 g/mol. The molecule has 0 unspecified atom stereocenters. The molecule has 1 aliphatic rings. The highest BCUT2D eigenvalue weighted by Gasteiger charge is 2.30. The maximum absolute atomic E-state index is 12.8. The smallest absolute Gasteiger partial charge is 0.263 e. The highest BCUT2D eigenvalue weighted by atomic mass is 32.1. The molecule has 0 bridgehead atoms. The summed E-state index contributed by atoms with van der Waals surface area (Å²) in [6, 6.07) is 6.01. The van der Waals surface area contributed by atoms with Gasteiger partial charge in [-0.3, -0.25) is 4.79 Å². The predicted molar refractivity (Wildman–Crippen MR) is 109 cm³/mol. The first kappa shape index (κ1) is 17.9. The molecular formula is C20H23N5OS. The van der Waals surface area contributed by atoms with Crippen LogP contribution in [0.4, 0.5) is 5.82 Å². The third-order valence-electron chi connectivity index (χ3n) is 5.02. The minimum Gasteiger partial charge on any atom is -0.356 e. The summed E-state index contributed by atoms with van der Waals surface area (Å²) in [5, 5.41) is 1.11. The van der Waals surface area contributed by atoms with Crippen molar-refractivity contribution in [1.82, 2.24) is 19.9 Å². The summed E-state index contributed by atoms with van der Waals surface area (Å²) in [5.74, 6) is 2.09. The normalized spacial score (nSPS) is 17.3. The van der Waals surface area contributed by atoms with Crippen molar-refractivity contribution in [3.63, 3.8) is 0 Å². The van der Waals surface area contributed by atoms with Crippen LogP contribution in [0.5, 0.6) is 0 Å². The zero-order chi connectivity index (χ0) is 19.0. The summed E-state index contributed by atoms with van der Waals surface area (Å²) in [4.78, 5) is 31.9. The summed E-state index contributed by atoms with van der Waals surface area (Å²) in [6.45, 7) is 3.74. The number of hydrogen-bond acceptors (Lipinski definition) is 6. The monoisotopic (exact) mass is 381 g/mol. The van der Waals surface area contributed by atoms with E-state index in [1.807, 2.05) is 25.3 Å². The fraction of sp³-hybridized carbons (Fsp3) is 0.400. The third-order valence-corrected chi connectivity index (χ3v) is 6.14. The van der Waals surface area contributed by atoms with Crippen LogP contribution in [0.25, 0.3) is 10.2 Å². The average molecular weight is 382 g/mol. The molecule has 27 heavy (non-hydrogen) atoms. The predicted octanol–water partition coefficient (Wildman–Crippen LogP) is 3.48. The van der Waals surface area contributed by atoms with Gasteiger partial charge in [-0.2, -0.15) is 0 Å². The lowest BCUT2D eigenvalue weighted by Crippen LogP contribution is -2.35. The van der Waals surface area contributed by atoms with E-state index in [1.165, 1.54) is 11.3 Å². The molecule has 1 saturated heterocycles. The van der Waals surface area contributed by atoms with Crippen molar-refractivity contribution in [3.05, 3.63) is 46.9 Å². The summed E-state index contributed by atoms with van der Waals surface area (Å²) in [7, 11) is 3.61. The van der Waals surface area contributed by atoms with E-state index in [1.54, 1.807) is 25.2 Å². The molecule has 0 radical (unpaired) electrons. The minimum atomic E-state index is 0.0583. The van der Waals surface area contributed by atoms with E-state index < -0.39 is 0 Å². The number of amides is 1. The number of pyridine rings is 1. The minimum absolute atomic E-state index is 0.0583. The van der Waals surface area contributed by atoms with Crippen molar-refractivity contribution in [1.29, 1.82) is 0 Å². The summed E-state index contributed by atoms with van der Waals surface area (Å²) in [5.41, 5.74) is 1.15. The number of nitrogens with zero attached hydrogens (tertiary/aromatic N) is 5. The third kappa shape index (κ3) is 3.39. The van der Waals surface area contributed by atoms with Gasteiger partial charge in [-0.05, 0) is 37.5 Å². The Morgan fingerprint density at radius 3 is 2.89 bits per heavy atom. The number of aromatic nitrogens is 3. The molecule has 1 amide bonds. The number of fused-ring (bicyclic) bond motifs is 1. The van der Waals surface area contributed by atoms with E-state index in [-0.39, 0.29) is 11.8 Å². The van der Waals surface area contributed by atoms with E-state index >= 15 is 0 Å². The van der Waals surface area contributed by atoms with Crippen LogP contribution in [0.1, 0.15) is 39.8 Å². The van der Waals surface area contributed by atoms with Gasteiger partial charge in [0.15, 0.2) is 0 Å². The second kappa shape index (κ2) is 7.23. The molecule has 7 heteroatoms. The molecule has 0 N–H and O–H groups in total. The molecule has 0 spiro atoms. The molecule has 140 valence electrons. The Morgan fingerprint density at radius 1 is 1.26 bits per heavy atom. The van der Waals surface area contributed by atoms with Crippen molar-refractivity contribution < 1.29 is 4.79 Å².